The van der Waals surface area contributed by atoms with Crippen LogP contribution >= 0.6 is 0 Å². The van der Waals surface area contributed by atoms with E-state index in [1.165, 1.54) is 6.07 Å². The molecule has 6 rings (SSSR count). The van der Waals surface area contributed by atoms with Crippen molar-refractivity contribution in [2.24, 2.45) is 22.7 Å². The van der Waals surface area contributed by atoms with Gasteiger partial charge in [-0.15, -0.1) is 0 Å². The van der Waals surface area contributed by atoms with Gasteiger partial charge in [0.15, 0.2) is 0 Å². The molecular weight excluding hydrogens is 384 g/mol. The molecule has 4 aliphatic carbocycles. The number of ether oxygens (including phenoxy) is 1. The fraction of sp³-hybridized carbons (Fsp3) is 0.750. The van der Waals surface area contributed by atoms with E-state index in [-0.39, 0.29) is 40.5 Å². The lowest BCUT2D eigenvalue weighted by Crippen LogP contribution is -2.66. The summed E-state index contributed by atoms with van der Waals surface area (Å²) in [5, 5.41) is 21.8. The van der Waals surface area contributed by atoms with Gasteiger partial charge in [-0.05, 0) is 74.3 Å². The number of carbonyl (C=O) groups excluding carboxylic acids is 1. The van der Waals surface area contributed by atoms with E-state index in [9.17, 15) is 19.8 Å². The fourth-order valence-corrected chi connectivity index (χ4v) is 8.69. The van der Waals surface area contributed by atoms with E-state index in [1.54, 1.807) is 6.26 Å². The maximum atomic E-state index is 12.6. The zero-order valence-electron chi connectivity index (χ0n) is 17.4. The topological polar surface area (TPSA) is 100 Å². The molecule has 1 aromatic rings. The number of epoxide rings is 1. The van der Waals surface area contributed by atoms with Crippen LogP contribution in [0.5, 0.6) is 0 Å². The lowest BCUT2D eigenvalue weighted by atomic mass is 9.42. The molecule has 0 aromatic carbocycles. The van der Waals surface area contributed by atoms with Crippen molar-refractivity contribution >= 4 is 6.29 Å². The van der Waals surface area contributed by atoms with Crippen molar-refractivity contribution in [3.8, 4) is 0 Å². The minimum atomic E-state index is -1.11. The summed E-state index contributed by atoms with van der Waals surface area (Å²) in [7, 11) is 0. The Morgan fingerprint density at radius 2 is 1.93 bits per heavy atom. The number of rotatable bonds is 2. The fourth-order valence-electron chi connectivity index (χ4n) is 8.69. The lowest BCUT2D eigenvalue weighted by molar-refractivity contribution is -0.218. The van der Waals surface area contributed by atoms with Gasteiger partial charge < -0.3 is 24.2 Å². The molecule has 2 N–H and O–H groups in total. The van der Waals surface area contributed by atoms with Crippen LogP contribution < -0.4 is 5.63 Å². The third-order valence-electron chi connectivity index (χ3n) is 10.1. The van der Waals surface area contributed by atoms with Gasteiger partial charge in [0.1, 0.15) is 11.9 Å². The zero-order valence-corrected chi connectivity index (χ0v) is 17.4. The maximum Gasteiger partial charge on any atom is 0.335 e. The molecule has 4 saturated carbocycles. The van der Waals surface area contributed by atoms with Gasteiger partial charge in [0.05, 0.1) is 29.5 Å². The van der Waals surface area contributed by atoms with E-state index in [0.717, 1.165) is 37.5 Å². The number of aliphatic hydroxyl groups excluding tert-OH is 1. The number of aliphatic hydroxyl groups is 2. The van der Waals surface area contributed by atoms with Crippen molar-refractivity contribution in [2.45, 2.75) is 87.6 Å². The number of hydrogen-bond donors (Lipinski definition) is 2. The summed E-state index contributed by atoms with van der Waals surface area (Å²) in [6, 6.07) is 3.39. The summed E-state index contributed by atoms with van der Waals surface area (Å²) in [6.45, 7) is 2.31. The Morgan fingerprint density at radius 3 is 2.67 bits per heavy atom. The molecule has 0 amide bonds. The van der Waals surface area contributed by atoms with Crippen molar-refractivity contribution in [3.63, 3.8) is 0 Å². The van der Waals surface area contributed by atoms with Gasteiger partial charge in [-0.3, -0.25) is 0 Å². The highest BCUT2D eigenvalue weighted by Gasteiger charge is 2.81. The van der Waals surface area contributed by atoms with Gasteiger partial charge in [0, 0.05) is 17.9 Å². The van der Waals surface area contributed by atoms with Gasteiger partial charge in [-0.1, -0.05) is 6.92 Å². The Bertz CT molecular complexity index is 937. The zero-order chi connectivity index (χ0) is 20.9. The third kappa shape index (κ3) is 2.06. The summed E-state index contributed by atoms with van der Waals surface area (Å²) in [4.78, 5) is 24.0. The van der Waals surface area contributed by atoms with Gasteiger partial charge >= 0.3 is 5.63 Å². The van der Waals surface area contributed by atoms with Crippen LogP contribution in [0.25, 0.3) is 0 Å². The number of carbonyl (C=O) groups is 1. The normalized spacial score (nSPS) is 53.8. The molecule has 2 heterocycles. The second-order valence-corrected chi connectivity index (χ2v) is 10.9. The molecule has 5 aliphatic rings. The molecule has 5 fully saturated rings. The van der Waals surface area contributed by atoms with Crippen LogP contribution in [0.3, 0.4) is 0 Å². The molecule has 1 aromatic heterocycles. The monoisotopic (exact) mass is 414 g/mol. The Kier molecular flexibility index (Phi) is 3.74. The first-order valence-corrected chi connectivity index (χ1v) is 11.4. The van der Waals surface area contributed by atoms with Crippen LogP contribution in [0.1, 0.15) is 69.8 Å². The molecule has 1 saturated heterocycles. The van der Waals surface area contributed by atoms with Crippen molar-refractivity contribution in [3.05, 3.63) is 34.4 Å². The average Bonchev–Trinajstić information content (AvgIpc) is 3.38. The minimum absolute atomic E-state index is 0.0769. The van der Waals surface area contributed by atoms with E-state index in [4.69, 9.17) is 9.15 Å². The van der Waals surface area contributed by atoms with Crippen molar-refractivity contribution in [2.75, 3.05) is 0 Å². The largest absolute Gasteiger partial charge is 0.431 e. The summed E-state index contributed by atoms with van der Waals surface area (Å²) in [5.74, 6) is 0.595. The minimum Gasteiger partial charge on any atom is -0.431 e. The van der Waals surface area contributed by atoms with Gasteiger partial charge in [0.2, 0.25) is 0 Å². The highest BCUT2D eigenvalue weighted by molar-refractivity contribution is 5.64. The second kappa shape index (κ2) is 5.84. The van der Waals surface area contributed by atoms with E-state index in [0.29, 0.717) is 25.7 Å². The average molecular weight is 414 g/mol. The summed E-state index contributed by atoms with van der Waals surface area (Å²) < 4.78 is 11.7. The van der Waals surface area contributed by atoms with Crippen LogP contribution in [0.2, 0.25) is 0 Å². The van der Waals surface area contributed by atoms with E-state index in [1.807, 2.05) is 6.07 Å². The van der Waals surface area contributed by atoms with Crippen molar-refractivity contribution < 1.29 is 24.2 Å². The number of fused-ring (bicyclic) bond motifs is 3. The first kappa shape index (κ1) is 19.2. The lowest BCUT2D eigenvalue weighted by Gasteiger charge is -2.62. The molecular formula is C24H30O6. The summed E-state index contributed by atoms with van der Waals surface area (Å²) in [5.41, 5.74) is -1.50. The van der Waals surface area contributed by atoms with E-state index >= 15 is 0 Å². The Labute approximate surface area is 175 Å². The van der Waals surface area contributed by atoms with Crippen LogP contribution in [0.15, 0.2) is 27.6 Å². The smallest absolute Gasteiger partial charge is 0.335 e. The predicted molar refractivity (Wildman–Crippen MR) is 107 cm³/mol. The van der Waals surface area contributed by atoms with Gasteiger partial charge in [-0.25, -0.2) is 4.79 Å². The molecule has 0 radical (unpaired) electrons. The van der Waals surface area contributed by atoms with Crippen LogP contribution in [0, 0.1) is 22.7 Å². The number of aldehydes is 1. The van der Waals surface area contributed by atoms with Crippen molar-refractivity contribution in [1.29, 1.82) is 0 Å². The van der Waals surface area contributed by atoms with E-state index in [2.05, 4.69) is 6.92 Å². The molecule has 6 nitrogen and oxygen atoms in total. The Hall–Kier alpha value is -1.50. The maximum absolute atomic E-state index is 12.6. The van der Waals surface area contributed by atoms with Crippen LogP contribution in [-0.4, -0.2) is 39.9 Å². The van der Waals surface area contributed by atoms with Crippen molar-refractivity contribution in [1.82, 2.24) is 0 Å². The molecule has 9 atom stereocenters. The quantitative estimate of drug-likeness (QED) is 0.570. The molecule has 1 spiro atoms. The van der Waals surface area contributed by atoms with Gasteiger partial charge in [0.25, 0.3) is 0 Å². The number of hydrogen-bond acceptors (Lipinski definition) is 6. The second-order valence-electron chi connectivity index (χ2n) is 10.9. The summed E-state index contributed by atoms with van der Waals surface area (Å²) in [6.07, 6.45) is 7.78. The first-order valence-electron chi connectivity index (χ1n) is 11.4. The predicted octanol–water partition coefficient (Wildman–Crippen LogP) is 2.55. The molecule has 0 bridgehead atoms. The van der Waals surface area contributed by atoms with E-state index < -0.39 is 17.1 Å². The standard InChI is InChI=1S/C24H30O6/c1-21-7-5-16-17(6-9-23(28)11-15(26)4-8-22(16,23)13-25)24(21)19(30-24)10-18(21)14-2-3-20(27)29-12-14/h2-3,12-13,15-19,26,28H,4-11H2,1H3/t15-,16+,17-,18-,19+,21-,22-,23+,24+/m1/s1. The molecule has 6 heteroatoms. The SMILES string of the molecule is C[C@]12CC[C@H]3[C@@H](CC[C@]4(O)C[C@H](O)CC[C@@]34C=O)[C@@]13O[C@H]3C[C@@H]2c1ccc(=O)oc1. The highest BCUT2D eigenvalue weighted by Crippen LogP contribution is 2.78. The molecule has 162 valence electrons. The Morgan fingerprint density at radius 1 is 1.13 bits per heavy atom. The molecule has 1 aliphatic heterocycles. The Balaban J connectivity index is 1.39. The molecule has 30 heavy (non-hydrogen) atoms. The van der Waals surface area contributed by atoms with Crippen LogP contribution in [-0.2, 0) is 9.53 Å². The summed E-state index contributed by atoms with van der Waals surface area (Å²) >= 11 is 0. The molecule has 0 unspecified atom stereocenters. The first-order chi connectivity index (χ1) is 14.3. The van der Waals surface area contributed by atoms with Crippen LogP contribution in [0.4, 0.5) is 0 Å². The van der Waals surface area contributed by atoms with Gasteiger partial charge in [-0.2, -0.15) is 0 Å². The highest BCUT2D eigenvalue weighted by atomic mass is 16.6. The third-order valence-corrected chi connectivity index (χ3v) is 10.1.